The van der Waals surface area contributed by atoms with Gasteiger partial charge in [-0.05, 0) is 44.2 Å². The summed E-state index contributed by atoms with van der Waals surface area (Å²) < 4.78 is 12.5. The highest BCUT2D eigenvalue weighted by Gasteiger charge is 2.21. The molecule has 6 nitrogen and oxygen atoms in total. The van der Waals surface area contributed by atoms with Crippen molar-refractivity contribution in [2.45, 2.75) is 19.9 Å². The summed E-state index contributed by atoms with van der Waals surface area (Å²) in [7, 11) is 0. The van der Waals surface area contributed by atoms with Gasteiger partial charge in [-0.25, -0.2) is 0 Å². The number of rotatable bonds is 5. The van der Waals surface area contributed by atoms with Crippen LogP contribution in [0, 0.1) is 13.8 Å². The Balaban J connectivity index is 1.81. The van der Waals surface area contributed by atoms with E-state index < -0.39 is 0 Å². The molecule has 0 aliphatic heterocycles. The molecule has 0 bridgehead atoms. The van der Waals surface area contributed by atoms with Crippen molar-refractivity contribution in [2.24, 2.45) is 0 Å². The molecule has 22 heavy (non-hydrogen) atoms. The molecule has 1 N–H and O–H groups in total. The number of aryl methyl sites for hydroxylation is 2. The molecule has 0 saturated carbocycles. The lowest BCUT2D eigenvalue weighted by molar-refractivity contribution is 0.0920. The first-order valence-corrected chi connectivity index (χ1v) is 7.03. The molecule has 1 atom stereocenters. The molecule has 0 saturated heterocycles. The van der Waals surface area contributed by atoms with E-state index in [1.807, 2.05) is 36.7 Å². The van der Waals surface area contributed by atoms with E-state index in [-0.39, 0.29) is 17.7 Å². The monoisotopic (exact) mass is 299 g/mol. The van der Waals surface area contributed by atoms with Crippen LogP contribution in [0.5, 0.6) is 0 Å². The van der Waals surface area contributed by atoms with Crippen molar-refractivity contribution in [1.29, 1.82) is 0 Å². The van der Waals surface area contributed by atoms with E-state index in [2.05, 4.69) is 10.4 Å². The molecule has 0 radical (unpaired) electrons. The second kappa shape index (κ2) is 5.93. The van der Waals surface area contributed by atoms with Gasteiger partial charge in [-0.3, -0.25) is 9.48 Å². The third kappa shape index (κ3) is 2.81. The van der Waals surface area contributed by atoms with Gasteiger partial charge >= 0.3 is 0 Å². The SMILES string of the molecule is Cc1cc(C)n([C@@H](CNC(=O)c2ccco2)c2ccco2)n1. The Bertz CT molecular complexity index is 742. The minimum Gasteiger partial charge on any atom is -0.467 e. The zero-order valence-electron chi connectivity index (χ0n) is 12.4. The van der Waals surface area contributed by atoms with Crippen molar-refractivity contribution in [1.82, 2.24) is 15.1 Å². The molecule has 3 aromatic heterocycles. The fraction of sp³-hybridized carbons (Fsp3) is 0.250. The van der Waals surface area contributed by atoms with Crippen molar-refractivity contribution in [3.8, 4) is 0 Å². The molecular formula is C16H17N3O3. The van der Waals surface area contributed by atoms with Crippen LogP contribution in [0.25, 0.3) is 0 Å². The Morgan fingerprint density at radius 2 is 2.05 bits per heavy atom. The van der Waals surface area contributed by atoms with Crippen LogP contribution < -0.4 is 5.32 Å². The highest BCUT2D eigenvalue weighted by atomic mass is 16.3. The Hall–Kier alpha value is -2.76. The van der Waals surface area contributed by atoms with E-state index in [1.165, 1.54) is 6.26 Å². The van der Waals surface area contributed by atoms with Gasteiger partial charge in [0, 0.05) is 12.2 Å². The van der Waals surface area contributed by atoms with Crippen molar-refractivity contribution in [3.05, 3.63) is 65.8 Å². The number of hydrogen-bond donors (Lipinski definition) is 1. The Morgan fingerprint density at radius 1 is 1.27 bits per heavy atom. The fourth-order valence-electron chi connectivity index (χ4n) is 2.43. The maximum atomic E-state index is 12.0. The van der Waals surface area contributed by atoms with Gasteiger partial charge in [0.25, 0.3) is 5.91 Å². The van der Waals surface area contributed by atoms with Crippen molar-refractivity contribution < 1.29 is 13.6 Å². The zero-order valence-corrected chi connectivity index (χ0v) is 12.4. The summed E-state index contributed by atoms with van der Waals surface area (Å²) in [5, 5.41) is 7.34. The maximum Gasteiger partial charge on any atom is 0.287 e. The van der Waals surface area contributed by atoms with Crippen molar-refractivity contribution >= 4 is 5.91 Å². The Labute approximate surface area is 127 Å². The van der Waals surface area contributed by atoms with Gasteiger partial charge in [-0.15, -0.1) is 0 Å². The predicted molar refractivity (Wildman–Crippen MR) is 79.6 cm³/mol. The minimum atomic E-state index is -0.261. The molecule has 1 amide bonds. The van der Waals surface area contributed by atoms with Crippen molar-refractivity contribution in [3.63, 3.8) is 0 Å². The van der Waals surface area contributed by atoms with Crippen LogP contribution in [-0.4, -0.2) is 22.2 Å². The summed E-state index contributed by atoms with van der Waals surface area (Å²) in [5.41, 5.74) is 1.93. The van der Waals surface area contributed by atoms with Crippen LogP contribution in [0.1, 0.15) is 33.7 Å². The van der Waals surface area contributed by atoms with E-state index in [9.17, 15) is 4.79 Å². The number of carbonyl (C=O) groups is 1. The summed E-state index contributed by atoms with van der Waals surface area (Å²) in [5.74, 6) is 0.764. The third-order valence-electron chi connectivity index (χ3n) is 3.41. The summed E-state index contributed by atoms with van der Waals surface area (Å²) in [4.78, 5) is 12.0. The molecule has 0 spiro atoms. The maximum absolute atomic E-state index is 12.0. The van der Waals surface area contributed by atoms with Crippen LogP contribution in [0.15, 0.2) is 51.7 Å². The number of nitrogens with zero attached hydrogens (tertiary/aromatic N) is 2. The second-order valence-corrected chi connectivity index (χ2v) is 5.09. The molecule has 114 valence electrons. The summed E-state index contributed by atoms with van der Waals surface area (Å²) >= 11 is 0. The van der Waals surface area contributed by atoms with E-state index >= 15 is 0 Å². The quantitative estimate of drug-likeness (QED) is 0.786. The number of furan rings is 2. The van der Waals surface area contributed by atoms with Crippen LogP contribution in [0.3, 0.4) is 0 Å². The van der Waals surface area contributed by atoms with Gasteiger partial charge in [0.15, 0.2) is 5.76 Å². The van der Waals surface area contributed by atoms with Crippen LogP contribution in [-0.2, 0) is 0 Å². The molecule has 0 fully saturated rings. The molecular weight excluding hydrogens is 282 g/mol. The number of hydrogen-bond acceptors (Lipinski definition) is 4. The normalized spacial score (nSPS) is 12.3. The highest BCUT2D eigenvalue weighted by Crippen LogP contribution is 2.20. The lowest BCUT2D eigenvalue weighted by Gasteiger charge is -2.17. The minimum absolute atomic E-state index is 0.206. The highest BCUT2D eigenvalue weighted by molar-refractivity contribution is 5.91. The molecule has 3 rings (SSSR count). The molecule has 0 aliphatic carbocycles. The van der Waals surface area contributed by atoms with Gasteiger partial charge in [-0.2, -0.15) is 5.10 Å². The molecule has 0 unspecified atom stereocenters. The number of carbonyl (C=O) groups excluding carboxylic acids is 1. The smallest absolute Gasteiger partial charge is 0.287 e. The van der Waals surface area contributed by atoms with Gasteiger partial charge in [-0.1, -0.05) is 0 Å². The first-order valence-electron chi connectivity index (χ1n) is 7.03. The molecule has 0 aliphatic rings. The third-order valence-corrected chi connectivity index (χ3v) is 3.41. The van der Waals surface area contributed by atoms with E-state index in [1.54, 1.807) is 18.4 Å². The first-order chi connectivity index (χ1) is 10.6. The van der Waals surface area contributed by atoms with Gasteiger partial charge in [0.2, 0.25) is 0 Å². The van der Waals surface area contributed by atoms with Crippen LogP contribution in [0.2, 0.25) is 0 Å². The van der Waals surface area contributed by atoms with Crippen LogP contribution >= 0.6 is 0 Å². The number of amides is 1. The standard InChI is InChI=1S/C16H17N3O3/c1-11-9-12(2)19(18-11)13(14-5-3-7-21-14)10-17-16(20)15-6-4-8-22-15/h3-9,13H,10H2,1-2H3,(H,17,20)/t13-/m0/s1. The molecule has 0 aromatic carbocycles. The first kappa shape index (κ1) is 14.2. The summed E-state index contributed by atoms with van der Waals surface area (Å²) in [6.45, 7) is 4.27. The van der Waals surface area contributed by atoms with Crippen molar-refractivity contribution in [2.75, 3.05) is 6.54 Å². The average molecular weight is 299 g/mol. The number of nitrogens with one attached hydrogen (secondary N) is 1. The largest absolute Gasteiger partial charge is 0.467 e. The summed E-state index contributed by atoms with van der Waals surface area (Å²) in [6, 6.07) is 8.79. The average Bonchev–Trinajstić information content (AvgIpc) is 3.22. The lowest BCUT2D eigenvalue weighted by atomic mass is 10.2. The van der Waals surface area contributed by atoms with Gasteiger partial charge in [0.05, 0.1) is 18.2 Å². The van der Waals surface area contributed by atoms with E-state index in [0.717, 1.165) is 17.1 Å². The van der Waals surface area contributed by atoms with Crippen LogP contribution in [0.4, 0.5) is 0 Å². The Kier molecular flexibility index (Phi) is 3.82. The van der Waals surface area contributed by atoms with Gasteiger partial charge < -0.3 is 14.2 Å². The molecule has 6 heteroatoms. The second-order valence-electron chi connectivity index (χ2n) is 5.09. The predicted octanol–water partition coefficient (Wildman–Crippen LogP) is 2.71. The Morgan fingerprint density at radius 3 is 2.64 bits per heavy atom. The zero-order chi connectivity index (χ0) is 15.5. The van der Waals surface area contributed by atoms with E-state index in [4.69, 9.17) is 8.83 Å². The topological polar surface area (TPSA) is 73.2 Å². The van der Waals surface area contributed by atoms with E-state index in [0.29, 0.717) is 6.54 Å². The molecule has 3 heterocycles. The summed E-state index contributed by atoms with van der Waals surface area (Å²) in [6.07, 6.45) is 3.09. The van der Waals surface area contributed by atoms with Gasteiger partial charge in [0.1, 0.15) is 11.8 Å². The fourth-order valence-corrected chi connectivity index (χ4v) is 2.43. The number of aromatic nitrogens is 2. The molecule has 3 aromatic rings. The lowest BCUT2D eigenvalue weighted by Crippen LogP contribution is -2.31.